The maximum Gasteiger partial charge on any atom is 0.418 e. The van der Waals surface area contributed by atoms with Crippen LogP contribution in [0.1, 0.15) is 17.5 Å². The summed E-state index contributed by atoms with van der Waals surface area (Å²) in [6.45, 7) is 2.08. The molecule has 7 heteroatoms. The van der Waals surface area contributed by atoms with Crippen molar-refractivity contribution < 1.29 is 22.6 Å². The van der Waals surface area contributed by atoms with E-state index in [9.17, 15) is 13.2 Å². The molecule has 2 aliphatic heterocycles. The molecule has 2 aliphatic rings. The summed E-state index contributed by atoms with van der Waals surface area (Å²) in [5, 5.41) is 8.83. The third kappa shape index (κ3) is 2.76. The molecule has 0 aliphatic carbocycles. The highest BCUT2D eigenvalue weighted by Crippen LogP contribution is 2.39. The van der Waals surface area contributed by atoms with Gasteiger partial charge in [-0.25, -0.2) is 0 Å². The van der Waals surface area contributed by atoms with E-state index in [2.05, 4.69) is 0 Å². The summed E-state index contributed by atoms with van der Waals surface area (Å²) < 4.78 is 51.0. The predicted octanol–water partition coefficient (Wildman–Crippen LogP) is 2.57. The number of halogens is 3. The summed E-state index contributed by atoms with van der Waals surface area (Å²) in [5.41, 5.74) is -1.19. The molecular weight excluding hydrogens is 297 g/mol. The minimum absolute atomic E-state index is 0.00301. The molecule has 118 valence electrons. The van der Waals surface area contributed by atoms with Gasteiger partial charge in [0, 0.05) is 31.8 Å². The van der Waals surface area contributed by atoms with Gasteiger partial charge in [0.2, 0.25) is 0 Å². The Morgan fingerprint density at radius 1 is 1.27 bits per heavy atom. The van der Waals surface area contributed by atoms with Crippen LogP contribution in [-0.2, 0) is 15.7 Å². The first-order valence-electron chi connectivity index (χ1n) is 7.02. The van der Waals surface area contributed by atoms with Gasteiger partial charge in [0.05, 0.1) is 30.4 Å². The molecule has 2 fully saturated rings. The molecule has 1 aromatic carbocycles. The number of benzene rings is 1. The third-order valence-corrected chi connectivity index (χ3v) is 4.09. The number of morpholine rings is 1. The SMILES string of the molecule is N#Cc1ccc(N2CCOC3(CCOC3)C2)c(C(F)(F)F)c1. The van der Waals surface area contributed by atoms with Crippen molar-refractivity contribution in [2.24, 2.45) is 0 Å². The number of anilines is 1. The van der Waals surface area contributed by atoms with Crippen LogP contribution < -0.4 is 4.90 Å². The molecule has 22 heavy (non-hydrogen) atoms. The number of ether oxygens (including phenoxy) is 2. The van der Waals surface area contributed by atoms with Crippen LogP contribution in [0.2, 0.25) is 0 Å². The molecule has 0 bridgehead atoms. The maximum absolute atomic E-state index is 13.3. The minimum atomic E-state index is -4.50. The quantitative estimate of drug-likeness (QED) is 0.799. The average molecular weight is 312 g/mol. The van der Waals surface area contributed by atoms with Crippen molar-refractivity contribution in [3.63, 3.8) is 0 Å². The molecule has 1 unspecified atom stereocenters. The Labute approximate surface area is 126 Å². The standard InChI is InChI=1S/C15H15F3N2O2/c16-15(17,18)12-7-11(8-19)1-2-13(12)20-4-6-22-14(9-20)3-5-21-10-14/h1-2,7H,3-6,9-10H2. The second-order valence-corrected chi connectivity index (χ2v) is 5.60. The van der Waals surface area contributed by atoms with Gasteiger partial charge in [-0.3, -0.25) is 0 Å². The van der Waals surface area contributed by atoms with E-state index in [0.29, 0.717) is 39.3 Å². The molecule has 2 saturated heterocycles. The molecule has 0 saturated carbocycles. The van der Waals surface area contributed by atoms with E-state index < -0.39 is 17.3 Å². The van der Waals surface area contributed by atoms with Gasteiger partial charge in [-0.1, -0.05) is 0 Å². The Hall–Kier alpha value is -1.78. The summed E-state index contributed by atoms with van der Waals surface area (Å²) in [6, 6.07) is 5.45. The summed E-state index contributed by atoms with van der Waals surface area (Å²) in [4.78, 5) is 1.68. The molecule has 3 rings (SSSR count). The lowest BCUT2D eigenvalue weighted by Crippen LogP contribution is -2.52. The third-order valence-electron chi connectivity index (χ3n) is 4.09. The fourth-order valence-electron chi connectivity index (χ4n) is 2.99. The fraction of sp³-hybridized carbons (Fsp3) is 0.533. The predicted molar refractivity (Wildman–Crippen MR) is 72.5 cm³/mol. The first-order valence-corrected chi connectivity index (χ1v) is 7.02. The van der Waals surface area contributed by atoms with Crippen molar-refractivity contribution in [2.75, 3.05) is 37.8 Å². The van der Waals surface area contributed by atoms with Crippen molar-refractivity contribution in [3.05, 3.63) is 29.3 Å². The second kappa shape index (κ2) is 5.45. The Morgan fingerprint density at radius 3 is 2.73 bits per heavy atom. The van der Waals surface area contributed by atoms with Gasteiger partial charge in [-0.15, -0.1) is 0 Å². The zero-order valence-electron chi connectivity index (χ0n) is 11.8. The van der Waals surface area contributed by atoms with Crippen molar-refractivity contribution >= 4 is 5.69 Å². The number of rotatable bonds is 1. The van der Waals surface area contributed by atoms with Gasteiger partial charge < -0.3 is 14.4 Å². The van der Waals surface area contributed by atoms with Crippen molar-refractivity contribution in [1.82, 2.24) is 0 Å². The molecule has 1 spiro atoms. The lowest BCUT2D eigenvalue weighted by molar-refractivity contribution is -0.137. The van der Waals surface area contributed by atoms with Crippen LogP contribution in [0.15, 0.2) is 18.2 Å². The Morgan fingerprint density at radius 2 is 2.09 bits per heavy atom. The van der Waals surface area contributed by atoms with Gasteiger partial charge in [-0.05, 0) is 18.2 Å². The maximum atomic E-state index is 13.3. The molecular formula is C15H15F3N2O2. The van der Waals surface area contributed by atoms with Crippen LogP contribution in [-0.4, -0.2) is 38.5 Å². The minimum Gasteiger partial charge on any atom is -0.378 e. The van der Waals surface area contributed by atoms with Gasteiger partial charge in [0.1, 0.15) is 5.60 Å². The molecule has 0 radical (unpaired) electrons. The van der Waals surface area contributed by atoms with Gasteiger partial charge in [0.15, 0.2) is 0 Å². The van der Waals surface area contributed by atoms with Crippen molar-refractivity contribution in [1.29, 1.82) is 5.26 Å². The summed E-state index contributed by atoms with van der Waals surface area (Å²) in [6.07, 6.45) is -3.82. The van der Waals surface area contributed by atoms with Crippen molar-refractivity contribution in [3.8, 4) is 6.07 Å². The molecule has 0 aromatic heterocycles. The first kappa shape index (κ1) is 15.1. The zero-order chi connectivity index (χ0) is 15.8. The number of hydrogen-bond donors (Lipinski definition) is 0. The lowest BCUT2D eigenvalue weighted by atomic mass is 9.99. The zero-order valence-corrected chi connectivity index (χ0v) is 11.8. The molecule has 0 N–H and O–H groups in total. The topological polar surface area (TPSA) is 45.5 Å². The first-order chi connectivity index (χ1) is 10.4. The van der Waals surface area contributed by atoms with E-state index >= 15 is 0 Å². The largest absolute Gasteiger partial charge is 0.418 e. The molecule has 2 heterocycles. The number of nitrogens with zero attached hydrogens (tertiary/aromatic N) is 2. The Balaban J connectivity index is 1.95. The lowest BCUT2D eigenvalue weighted by Gasteiger charge is -2.41. The highest BCUT2D eigenvalue weighted by atomic mass is 19.4. The second-order valence-electron chi connectivity index (χ2n) is 5.60. The molecule has 4 nitrogen and oxygen atoms in total. The monoisotopic (exact) mass is 312 g/mol. The van der Waals surface area contributed by atoms with Crippen LogP contribution in [0.3, 0.4) is 0 Å². The van der Waals surface area contributed by atoms with Crippen LogP contribution in [0.4, 0.5) is 18.9 Å². The normalized spacial score (nSPS) is 25.5. The molecule has 0 amide bonds. The molecule has 1 aromatic rings. The Bertz CT molecular complexity index is 604. The van der Waals surface area contributed by atoms with Crippen LogP contribution in [0.25, 0.3) is 0 Å². The average Bonchev–Trinajstić information content (AvgIpc) is 2.93. The van der Waals surface area contributed by atoms with Crippen LogP contribution in [0, 0.1) is 11.3 Å². The van der Waals surface area contributed by atoms with Gasteiger partial charge >= 0.3 is 6.18 Å². The fourth-order valence-corrected chi connectivity index (χ4v) is 2.99. The smallest absolute Gasteiger partial charge is 0.378 e. The number of nitriles is 1. The van der Waals surface area contributed by atoms with E-state index in [1.54, 1.807) is 11.0 Å². The highest BCUT2D eigenvalue weighted by molar-refractivity contribution is 5.58. The van der Waals surface area contributed by atoms with E-state index in [-0.39, 0.29) is 11.3 Å². The van der Waals surface area contributed by atoms with Gasteiger partial charge in [0.25, 0.3) is 0 Å². The summed E-state index contributed by atoms with van der Waals surface area (Å²) in [5.74, 6) is 0. The van der Waals surface area contributed by atoms with E-state index in [0.717, 1.165) is 6.07 Å². The van der Waals surface area contributed by atoms with E-state index in [1.165, 1.54) is 12.1 Å². The number of alkyl halides is 3. The van der Waals surface area contributed by atoms with Crippen molar-refractivity contribution in [2.45, 2.75) is 18.2 Å². The van der Waals surface area contributed by atoms with E-state index in [4.69, 9.17) is 14.7 Å². The molecule has 1 atom stereocenters. The summed E-state index contributed by atoms with van der Waals surface area (Å²) >= 11 is 0. The number of hydrogen-bond acceptors (Lipinski definition) is 4. The highest BCUT2D eigenvalue weighted by Gasteiger charge is 2.42. The Kier molecular flexibility index (Phi) is 3.75. The van der Waals surface area contributed by atoms with Crippen LogP contribution in [0.5, 0.6) is 0 Å². The van der Waals surface area contributed by atoms with E-state index in [1.807, 2.05) is 0 Å². The summed E-state index contributed by atoms with van der Waals surface area (Å²) in [7, 11) is 0. The van der Waals surface area contributed by atoms with Crippen LogP contribution >= 0.6 is 0 Å². The van der Waals surface area contributed by atoms with Gasteiger partial charge in [-0.2, -0.15) is 18.4 Å².